The average molecular weight is 399 g/mol. The van der Waals surface area contributed by atoms with E-state index in [1.54, 1.807) is 18.5 Å². The summed E-state index contributed by atoms with van der Waals surface area (Å²) in [5, 5.41) is 5.70. The number of hydrogen-bond acceptors (Lipinski definition) is 6. The van der Waals surface area contributed by atoms with Crippen LogP contribution in [0.1, 0.15) is 25.3 Å². The van der Waals surface area contributed by atoms with Crippen LogP contribution in [-0.4, -0.2) is 21.5 Å². The molecule has 0 aliphatic heterocycles. The summed E-state index contributed by atoms with van der Waals surface area (Å²) in [5.41, 5.74) is 9.35. The van der Waals surface area contributed by atoms with Gasteiger partial charge in [0.15, 0.2) is 0 Å². The molecule has 0 atom stereocenters. The molecule has 0 saturated heterocycles. The Bertz CT molecular complexity index is 1180. The predicted molar refractivity (Wildman–Crippen MR) is 122 cm³/mol. The summed E-state index contributed by atoms with van der Waals surface area (Å²) >= 11 is 0. The lowest BCUT2D eigenvalue weighted by Gasteiger charge is -2.16. The molecule has 0 unspecified atom stereocenters. The van der Waals surface area contributed by atoms with Gasteiger partial charge in [-0.25, -0.2) is 15.0 Å². The number of ether oxygens (including phenoxy) is 1. The Hall–Kier alpha value is -3.67. The topological polar surface area (TPSA) is 86.0 Å². The van der Waals surface area contributed by atoms with Crippen molar-refractivity contribution < 1.29 is 4.74 Å². The molecule has 0 radical (unpaired) electrons. The maximum Gasteiger partial charge on any atom is 0.228 e. The van der Waals surface area contributed by atoms with Crippen LogP contribution in [0.3, 0.4) is 0 Å². The molecule has 0 spiro atoms. The first-order valence-corrected chi connectivity index (χ1v) is 10.2. The van der Waals surface area contributed by atoms with Gasteiger partial charge in [-0.15, -0.1) is 0 Å². The van der Waals surface area contributed by atoms with Gasteiger partial charge in [-0.1, -0.05) is 37.6 Å². The van der Waals surface area contributed by atoms with Crippen LogP contribution in [0, 0.1) is 6.92 Å². The van der Waals surface area contributed by atoms with Crippen molar-refractivity contribution >= 4 is 22.4 Å². The third-order valence-electron chi connectivity index (χ3n) is 4.97. The number of nitrogens with zero attached hydrogens (tertiary/aromatic N) is 3. The molecule has 0 aliphatic carbocycles. The van der Waals surface area contributed by atoms with Crippen molar-refractivity contribution in [1.29, 1.82) is 0 Å². The molecule has 152 valence electrons. The second-order valence-electron chi connectivity index (χ2n) is 7.15. The van der Waals surface area contributed by atoms with Crippen LogP contribution in [0.5, 0.6) is 11.6 Å². The van der Waals surface area contributed by atoms with Crippen LogP contribution in [0.25, 0.3) is 22.0 Å². The van der Waals surface area contributed by atoms with Crippen molar-refractivity contribution in [1.82, 2.24) is 15.0 Å². The lowest BCUT2D eigenvalue weighted by atomic mass is 10.0. The van der Waals surface area contributed by atoms with E-state index in [4.69, 9.17) is 10.5 Å². The first kappa shape index (κ1) is 19.6. The van der Waals surface area contributed by atoms with Gasteiger partial charge in [0, 0.05) is 35.4 Å². The summed E-state index contributed by atoms with van der Waals surface area (Å²) in [5.74, 6) is 1.48. The molecular weight excluding hydrogens is 374 g/mol. The number of nitrogens with two attached hydrogens (primary N) is 1. The Morgan fingerprint density at radius 2 is 1.87 bits per heavy atom. The SMILES string of the molecule is CCCCNc1cccc2c(Oc3ncccc3-c3ccnc(N)n3)c(C)ccc12. The molecular formula is C24H25N5O. The number of unbranched alkanes of at least 4 members (excludes halogenated alkanes) is 1. The number of pyridine rings is 1. The van der Waals surface area contributed by atoms with Gasteiger partial charge in [0.05, 0.1) is 11.3 Å². The van der Waals surface area contributed by atoms with Gasteiger partial charge in [0.2, 0.25) is 11.8 Å². The smallest absolute Gasteiger partial charge is 0.228 e. The van der Waals surface area contributed by atoms with Crippen molar-refractivity contribution in [2.24, 2.45) is 0 Å². The van der Waals surface area contributed by atoms with Crippen molar-refractivity contribution in [3.63, 3.8) is 0 Å². The lowest BCUT2D eigenvalue weighted by Crippen LogP contribution is -2.02. The molecule has 0 fully saturated rings. The van der Waals surface area contributed by atoms with Gasteiger partial charge < -0.3 is 15.8 Å². The summed E-state index contributed by atoms with van der Waals surface area (Å²) in [4.78, 5) is 12.8. The quantitative estimate of drug-likeness (QED) is 0.394. The van der Waals surface area contributed by atoms with Gasteiger partial charge in [0.1, 0.15) is 5.75 Å². The number of hydrogen-bond donors (Lipinski definition) is 2. The molecule has 3 N–H and O–H groups in total. The molecule has 4 aromatic rings. The first-order valence-electron chi connectivity index (χ1n) is 10.2. The average Bonchev–Trinajstić information content (AvgIpc) is 2.76. The minimum Gasteiger partial charge on any atom is -0.437 e. The molecule has 30 heavy (non-hydrogen) atoms. The van der Waals surface area contributed by atoms with Crippen molar-refractivity contribution in [2.75, 3.05) is 17.6 Å². The van der Waals surface area contributed by atoms with Crippen molar-refractivity contribution in [3.8, 4) is 22.9 Å². The summed E-state index contributed by atoms with van der Waals surface area (Å²) in [7, 11) is 0. The van der Waals surface area contributed by atoms with E-state index >= 15 is 0 Å². The third-order valence-corrected chi connectivity index (χ3v) is 4.97. The summed E-state index contributed by atoms with van der Waals surface area (Å²) in [6.07, 6.45) is 5.62. The van der Waals surface area contributed by atoms with E-state index in [0.29, 0.717) is 11.6 Å². The highest BCUT2D eigenvalue weighted by Crippen LogP contribution is 2.38. The van der Waals surface area contributed by atoms with Crippen LogP contribution in [-0.2, 0) is 0 Å². The molecule has 0 saturated carbocycles. The Morgan fingerprint density at radius 3 is 2.70 bits per heavy atom. The molecule has 2 aromatic heterocycles. The van der Waals surface area contributed by atoms with Crippen molar-refractivity contribution in [3.05, 3.63) is 66.5 Å². The zero-order chi connectivity index (χ0) is 20.9. The van der Waals surface area contributed by atoms with E-state index in [1.165, 1.54) is 0 Å². The molecule has 0 aliphatic rings. The van der Waals surface area contributed by atoms with Crippen LogP contribution in [0.4, 0.5) is 11.6 Å². The minimum absolute atomic E-state index is 0.214. The Kier molecular flexibility index (Phi) is 5.75. The van der Waals surface area contributed by atoms with Gasteiger partial charge in [0.25, 0.3) is 0 Å². The molecule has 0 amide bonds. The van der Waals surface area contributed by atoms with E-state index in [2.05, 4.69) is 51.5 Å². The number of benzene rings is 2. The maximum absolute atomic E-state index is 6.39. The Morgan fingerprint density at radius 1 is 0.967 bits per heavy atom. The van der Waals surface area contributed by atoms with Crippen LogP contribution >= 0.6 is 0 Å². The van der Waals surface area contributed by atoms with Crippen LogP contribution in [0.2, 0.25) is 0 Å². The minimum atomic E-state index is 0.214. The fraction of sp³-hybridized carbons (Fsp3) is 0.208. The molecule has 2 heterocycles. The molecule has 0 bridgehead atoms. The molecule has 6 heteroatoms. The largest absolute Gasteiger partial charge is 0.437 e. The van der Waals surface area contributed by atoms with E-state index in [0.717, 1.165) is 52.7 Å². The summed E-state index contributed by atoms with van der Waals surface area (Å²) in [6, 6.07) is 16.0. The number of aryl methyl sites for hydroxylation is 1. The zero-order valence-electron chi connectivity index (χ0n) is 17.2. The van der Waals surface area contributed by atoms with E-state index in [9.17, 15) is 0 Å². The summed E-state index contributed by atoms with van der Waals surface area (Å²) in [6.45, 7) is 5.17. The number of anilines is 2. The molecule has 6 nitrogen and oxygen atoms in total. The normalized spacial score (nSPS) is 10.9. The first-order chi connectivity index (χ1) is 14.7. The fourth-order valence-electron chi connectivity index (χ4n) is 3.42. The standard InChI is InChI=1S/C24H25N5O/c1-3-4-13-26-20-9-5-7-18-17(20)11-10-16(2)22(18)30-23-19(8-6-14-27-23)21-12-15-28-24(25)29-21/h5-12,14-15,26H,3-4,13H2,1-2H3,(H2,25,28,29). The lowest BCUT2D eigenvalue weighted by molar-refractivity contribution is 0.466. The van der Waals surface area contributed by atoms with Crippen LogP contribution in [0.15, 0.2) is 60.9 Å². The van der Waals surface area contributed by atoms with Crippen LogP contribution < -0.4 is 15.8 Å². The van der Waals surface area contributed by atoms with Crippen molar-refractivity contribution in [2.45, 2.75) is 26.7 Å². The highest BCUT2D eigenvalue weighted by Gasteiger charge is 2.15. The van der Waals surface area contributed by atoms with E-state index in [-0.39, 0.29) is 5.95 Å². The number of nitrogen functional groups attached to an aromatic ring is 1. The van der Waals surface area contributed by atoms with Gasteiger partial charge in [-0.2, -0.15) is 0 Å². The zero-order valence-corrected chi connectivity index (χ0v) is 17.2. The van der Waals surface area contributed by atoms with Gasteiger partial charge in [-0.05, 0) is 43.2 Å². The Balaban J connectivity index is 1.77. The highest BCUT2D eigenvalue weighted by atomic mass is 16.5. The maximum atomic E-state index is 6.39. The Labute approximate surface area is 176 Å². The number of rotatable bonds is 7. The van der Waals surface area contributed by atoms with E-state index in [1.807, 2.05) is 25.1 Å². The monoisotopic (exact) mass is 399 g/mol. The van der Waals surface area contributed by atoms with E-state index < -0.39 is 0 Å². The highest BCUT2D eigenvalue weighted by molar-refractivity contribution is 5.98. The molecule has 4 rings (SSSR count). The predicted octanol–water partition coefficient (Wildman–Crippen LogP) is 5.59. The fourth-order valence-corrected chi connectivity index (χ4v) is 3.42. The number of aromatic nitrogens is 3. The second kappa shape index (κ2) is 8.78. The third kappa shape index (κ3) is 4.03. The summed E-state index contributed by atoms with van der Waals surface area (Å²) < 4.78 is 6.39. The molecule has 2 aromatic carbocycles. The number of fused-ring (bicyclic) bond motifs is 1. The number of nitrogens with one attached hydrogen (secondary N) is 1. The second-order valence-corrected chi connectivity index (χ2v) is 7.15. The van der Waals surface area contributed by atoms with Gasteiger partial charge in [-0.3, -0.25) is 0 Å². The van der Waals surface area contributed by atoms with Gasteiger partial charge >= 0.3 is 0 Å².